The molecule has 0 aliphatic carbocycles. The first-order chi connectivity index (χ1) is 10.6. The zero-order valence-corrected chi connectivity index (χ0v) is 12.1. The van der Waals surface area contributed by atoms with Gasteiger partial charge in [0.25, 0.3) is 5.89 Å². The van der Waals surface area contributed by atoms with Crippen LogP contribution in [0.15, 0.2) is 39.3 Å². The molecule has 0 radical (unpaired) electrons. The lowest BCUT2D eigenvalue weighted by Crippen LogP contribution is -2.07. The summed E-state index contributed by atoms with van der Waals surface area (Å²) in [6, 6.07) is 9.32. The van der Waals surface area contributed by atoms with Gasteiger partial charge in [-0.15, -0.1) is 0 Å². The quantitative estimate of drug-likeness (QED) is 0.684. The summed E-state index contributed by atoms with van der Waals surface area (Å²) in [6.45, 7) is 3.24. The van der Waals surface area contributed by atoms with Crippen molar-refractivity contribution in [1.29, 1.82) is 0 Å². The van der Waals surface area contributed by atoms with Gasteiger partial charge in [0.1, 0.15) is 5.76 Å². The molecule has 22 heavy (non-hydrogen) atoms. The summed E-state index contributed by atoms with van der Waals surface area (Å²) in [5.74, 6) is 0.883. The highest BCUT2D eigenvalue weighted by Gasteiger charge is 2.20. The molecule has 0 N–H and O–H groups in total. The highest BCUT2D eigenvalue weighted by molar-refractivity contribution is 5.88. The second-order valence-corrected chi connectivity index (χ2v) is 4.60. The maximum Gasteiger partial charge on any atom is 0.361 e. The van der Waals surface area contributed by atoms with Gasteiger partial charge in [0.2, 0.25) is 5.89 Å². The van der Waals surface area contributed by atoms with Gasteiger partial charge in [0, 0.05) is 5.56 Å². The number of carbonyl (C=O) groups excluding carboxylic acids is 1. The predicted octanol–water partition coefficient (Wildman–Crippen LogP) is 2.70. The Labute approximate surface area is 125 Å². The molecule has 3 rings (SSSR count). The van der Waals surface area contributed by atoms with E-state index >= 15 is 0 Å². The van der Waals surface area contributed by atoms with Crippen molar-refractivity contribution in [2.75, 3.05) is 0 Å². The Bertz CT molecular complexity index is 792. The third-order valence-corrected chi connectivity index (χ3v) is 2.91. The van der Waals surface area contributed by atoms with E-state index in [-0.39, 0.29) is 18.2 Å². The molecule has 0 bridgehead atoms. The number of ether oxygens (including phenoxy) is 1. The number of benzene rings is 1. The Hall–Kier alpha value is -2.96. The van der Waals surface area contributed by atoms with Gasteiger partial charge in [0.15, 0.2) is 18.1 Å². The molecule has 0 aliphatic rings. The van der Waals surface area contributed by atoms with Crippen molar-refractivity contribution < 1.29 is 18.5 Å². The van der Waals surface area contributed by atoms with E-state index in [0.29, 0.717) is 17.5 Å². The molecular formula is C15H13N3O4. The maximum absolute atomic E-state index is 12.1. The summed E-state index contributed by atoms with van der Waals surface area (Å²) in [4.78, 5) is 20.2. The minimum Gasteiger partial charge on any atom is -0.451 e. The van der Waals surface area contributed by atoms with E-state index < -0.39 is 5.97 Å². The lowest BCUT2D eigenvalue weighted by molar-refractivity contribution is 0.0421. The zero-order chi connectivity index (χ0) is 15.5. The third-order valence-electron chi connectivity index (χ3n) is 2.91. The molecule has 2 aromatic heterocycles. The standard InChI is InChI=1S/C15H13N3O4/c1-9-13(15(19)20-8-12-16-10(2)18-22-12)17-14(21-9)11-6-4-3-5-7-11/h3-7H,8H2,1-2H3. The lowest BCUT2D eigenvalue weighted by atomic mass is 10.2. The summed E-state index contributed by atoms with van der Waals surface area (Å²) in [6.07, 6.45) is 0. The Balaban J connectivity index is 1.74. The predicted molar refractivity (Wildman–Crippen MR) is 74.8 cm³/mol. The van der Waals surface area contributed by atoms with Crippen LogP contribution >= 0.6 is 0 Å². The third kappa shape index (κ3) is 2.88. The number of rotatable bonds is 4. The van der Waals surface area contributed by atoms with Gasteiger partial charge < -0.3 is 13.7 Å². The zero-order valence-electron chi connectivity index (χ0n) is 12.1. The van der Waals surface area contributed by atoms with E-state index in [1.807, 2.05) is 30.3 Å². The van der Waals surface area contributed by atoms with Crippen LogP contribution in [-0.2, 0) is 11.3 Å². The molecule has 0 fully saturated rings. The molecule has 0 spiro atoms. The minimum atomic E-state index is -0.598. The molecular weight excluding hydrogens is 286 g/mol. The number of oxazole rings is 1. The van der Waals surface area contributed by atoms with Gasteiger partial charge in [0.05, 0.1) is 0 Å². The van der Waals surface area contributed by atoms with Crippen LogP contribution in [0.5, 0.6) is 0 Å². The van der Waals surface area contributed by atoms with Crippen LogP contribution in [0.1, 0.15) is 28.0 Å². The first-order valence-corrected chi connectivity index (χ1v) is 6.62. The molecule has 2 heterocycles. The lowest BCUT2D eigenvalue weighted by Gasteiger charge is -1.98. The van der Waals surface area contributed by atoms with Crippen LogP contribution in [0.2, 0.25) is 0 Å². The largest absolute Gasteiger partial charge is 0.451 e. The van der Waals surface area contributed by atoms with Gasteiger partial charge in [-0.3, -0.25) is 0 Å². The highest BCUT2D eigenvalue weighted by Crippen LogP contribution is 2.22. The molecule has 1 aromatic carbocycles. The monoisotopic (exact) mass is 299 g/mol. The molecule has 0 saturated heterocycles. The maximum atomic E-state index is 12.1. The Morgan fingerprint density at radius 3 is 2.64 bits per heavy atom. The van der Waals surface area contributed by atoms with Crippen LogP contribution in [0.25, 0.3) is 11.5 Å². The number of aromatic nitrogens is 3. The fraction of sp³-hybridized carbons (Fsp3) is 0.200. The van der Waals surface area contributed by atoms with Crippen LogP contribution < -0.4 is 0 Å². The summed E-state index contributed by atoms with van der Waals surface area (Å²) in [7, 11) is 0. The van der Waals surface area contributed by atoms with E-state index in [1.54, 1.807) is 13.8 Å². The molecule has 7 nitrogen and oxygen atoms in total. The van der Waals surface area contributed by atoms with Crippen molar-refractivity contribution in [3.63, 3.8) is 0 Å². The van der Waals surface area contributed by atoms with Gasteiger partial charge in [-0.05, 0) is 26.0 Å². The first kappa shape index (κ1) is 14.0. The normalized spacial score (nSPS) is 10.6. The van der Waals surface area contributed by atoms with Gasteiger partial charge >= 0.3 is 5.97 Å². The Morgan fingerprint density at radius 1 is 1.18 bits per heavy atom. The molecule has 0 unspecified atom stereocenters. The molecule has 3 aromatic rings. The molecule has 0 aliphatic heterocycles. The van der Waals surface area contributed by atoms with Crippen LogP contribution in [0.3, 0.4) is 0 Å². The van der Waals surface area contributed by atoms with Crippen LogP contribution in [0, 0.1) is 13.8 Å². The SMILES string of the molecule is Cc1noc(COC(=O)c2nc(-c3ccccc3)oc2C)n1. The Morgan fingerprint density at radius 2 is 1.95 bits per heavy atom. The summed E-state index contributed by atoms with van der Waals surface area (Å²) < 4.78 is 15.5. The number of aryl methyl sites for hydroxylation is 2. The fourth-order valence-electron chi connectivity index (χ4n) is 1.88. The fourth-order valence-corrected chi connectivity index (χ4v) is 1.88. The minimum absolute atomic E-state index is 0.105. The van der Waals surface area contributed by atoms with Crippen molar-refractivity contribution in [2.24, 2.45) is 0 Å². The Kier molecular flexibility index (Phi) is 3.69. The smallest absolute Gasteiger partial charge is 0.361 e. The average molecular weight is 299 g/mol. The highest BCUT2D eigenvalue weighted by atomic mass is 16.6. The number of nitrogens with zero attached hydrogens (tertiary/aromatic N) is 3. The average Bonchev–Trinajstić information content (AvgIpc) is 3.12. The van der Waals surface area contributed by atoms with E-state index in [1.165, 1.54) is 0 Å². The summed E-state index contributed by atoms with van der Waals surface area (Å²) in [5, 5.41) is 3.62. The van der Waals surface area contributed by atoms with Crippen molar-refractivity contribution >= 4 is 5.97 Å². The molecule has 7 heteroatoms. The summed E-state index contributed by atoms with van der Waals surface area (Å²) >= 11 is 0. The van der Waals surface area contributed by atoms with Crippen LogP contribution in [0.4, 0.5) is 0 Å². The molecule has 0 saturated carbocycles. The number of carbonyl (C=O) groups is 1. The second-order valence-electron chi connectivity index (χ2n) is 4.60. The van der Waals surface area contributed by atoms with Crippen molar-refractivity contribution in [3.8, 4) is 11.5 Å². The van der Waals surface area contributed by atoms with Gasteiger partial charge in [-0.2, -0.15) is 4.98 Å². The molecule has 112 valence electrons. The molecule has 0 amide bonds. The molecule has 0 atom stereocenters. The summed E-state index contributed by atoms with van der Waals surface area (Å²) in [5.41, 5.74) is 0.923. The van der Waals surface area contributed by atoms with Gasteiger partial charge in [-0.1, -0.05) is 23.4 Å². The van der Waals surface area contributed by atoms with Crippen LogP contribution in [-0.4, -0.2) is 21.1 Å². The van der Waals surface area contributed by atoms with E-state index in [9.17, 15) is 4.79 Å². The second kappa shape index (κ2) is 5.80. The van der Waals surface area contributed by atoms with Crippen molar-refractivity contribution in [2.45, 2.75) is 20.5 Å². The van der Waals surface area contributed by atoms with Gasteiger partial charge in [-0.25, -0.2) is 9.78 Å². The topological polar surface area (TPSA) is 91.2 Å². The van der Waals surface area contributed by atoms with Crippen molar-refractivity contribution in [3.05, 3.63) is 53.5 Å². The van der Waals surface area contributed by atoms with E-state index in [0.717, 1.165) is 5.56 Å². The van der Waals surface area contributed by atoms with E-state index in [4.69, 9.17) is 13.7 Å². The van der Waals surface area contributed by atoms with Crippen molar-refractivity contribution in [1.82, 2.24) is 15.1 Å². The van der Waals surface area contributed by atoms with E-state index in [2.05, 4.69) is 15.1 Å². The number of hydrogen-bond acceptors (Lipinski definition) is 7. The number of hydrogen-bond donors (Lipinski definition) is 0. The first-order valence-electron chi connectivity index (χ1n) is 6.62. The number of esters is 1.